The van der Waals surface area contributed by atoms with Crippen LogP contribution >= 0.6 is 0 Å². The van der Waals surface area contributed by atoms with Crippen molar-refractivity contribution >= 4 is 15.7 Å². The summed E-state index contributed by atoms with van der Waals surface area (Å²) in [6, 6.07) is 4.37. The van der Waals surface area contributed by atoms with Crippen LogP contribution in [0.4, 0.5) is 0 Å². The third kappa shape index (κ3) is 4.13. The summed E-state index contributed by atoms with van der Waals surface area (Å²) in [4.78, 5) is 11.9. The van der Waals surface area contributed by atoms with Gasteiger partial charge in [-0.05, 0) is 25.5 Å². The molecule has 1 heterocycles. The Labute approximate surface area is 130 Å². The molecule has 0 bridgehead atoms. The van der Waals surface area contributed by atoms with Gasteiger partial charge in [0.15, 0.2) is 21.3 Å². The van der Waals surface area contributed by atoms with Crippen LogP contribution in [0.25, 0.3) is 0 Å². The Kier molecular flexibility index (Phi) is 5.28. The zero-order valence-electron chi connectivity index (χ0n) is 12.8. The lowest BCUT2D eigenvalue weighted by Gasteiger charge is -2.19. The number of amides is 1. The summed E-state index contributed by atoms with van der Waals surface area (Å²) >= 11 is 0. The van der Waals surface area contributed by atoms with E-state index in [1.54, 1.807) is 6.07 Å². The summed E-state index contributed by atoms with van der Waals surface area (Å²) in [5.41, 5.74) is 0. The average molecular weight is 327 g/mol. The fraction of sp³-hybridized carbons (Fsp3) is 0.533. The van der Waals surface area contributed by atoms with Gasteiger partial charge in [-0.25, -0.2) is 8.42 Å². The van der Waals surface area contributed by atoms with Crippen LogP contribution in [0.15, 0.2) is 23.1 Å². The largest absolute Gasteiger partial charge is 0.486 e. The molecular weight excluding hydrogens is 306 g/mol. The summed E-state index contributed by atoms with van der Waals surface area (Å²) < 4.78 is 35.3. The van der Waals surface area contributed by atoms with Crippen molar-refractivity contribution in [3.63, 3.8) is 0 Å². The number of fused-ring (bicyclic) bond motifs is 1. The van der Waals surface area contributed by atoms with Crippen molar-refractivity contribution in [3.8, 4) is 11.5 Å². The second-order valence-electron chi connectivity index (χ2n) is 5.32. The van der Waals surface area contributed by atoms with E-state index in [1.807, 2.05) is 13.8 Å². The molecular formula is C15H21NO5S. The molecule has 0 aromatic heterocycles. The summed E-state index contributed by atoms with van der Waals surface area (Å²) in [5.74, 6) is -0.144. The molecule has 7 heteroatoms. The molecule has 122 valence electrons. The number of ether oxygens (including phenoxy) is 2. The Morgan fingerprint density at radius 3 is 2.64 bits per heavy atom. The van der Waals surface area contributed by atoms with Gasteiger partial charge in [-0.15, -0.1) is 0 Å². The maximum atomic E-state index is 12.3. The lowest BCUT2D eigenvalue weighted by Crippen LogP contribution is -2.36. The van der Waals surface area contributed by atoms with E-state index in [1.165, 1.54) is 12.1 Å². The van der Waals surface area contributed by atoms with Gasteiger partial charge in [0.25, 0.3) is 0 Å². The van der Waals surface area contributed by atoms with E-state index in [9.17, 15) is 13.2 Å². The maximum absolute atomic E-state index is 12.3. The van der Waals surface area contributed by atoms with Crippen LogP contribution in [0.5, 0.6) is 11.5 Å². The molecule has 0 saturated heterocycles. The third-order valence-corrected chi connectivity index (χ3v) is 4.94. The highest BCUT2D eigenvalue weighted by atomic mass is 32.2. The molecule has 0 unspecified atom stereocenters. The molecule has 2 rings (SSSR count). The fourth-order valence-electron chi connectivity index (χ4n) is 2.29. The quantitative estimate of drug-likeness (QED) is 0.857. The smallest absolute Gasteiger partial charge is 0.235 e. The minimum atomic E-state index is -3.70. The molecule has 1 aromatic carbocycles. The Morgan fingerprint density at radius 2 is 1.95 bits per heavy atom. The van der Waals surface area contributed by atoms with Crippen LogP contribution < -0.4 is 14.8 Å². The van der Waals surface area contributed by atoms with Gasteiger partial charge in [0, 0.05) is 12.1 Å². The molecule has 22 heavy (non-hydrogen) atoms. The average Bonchev–Trinajstić information content (AvgIpc) is 2.46. The van der Waals surface area contributed by atoms with E-state index in [0.717, 1.165) is 12.8 Å². The number of rotatable bonds is 6. The highest BCUT2D eigenvalue weighted by Gasteiger charge is 2.23. The highest BCUT2D eigenvalue weighted by Crippen LogP contribution is 2.32. The lowest BCUT2D eigenvalue weighted by atomic mass is 10.2. The van der Waals surface area contributed by atoms with Gasteiger partial charge in [-0.1, -0.05) is 13.3 Å². The number of benzene rings is 1. The molecule has 0 spiro atoms. The molecule has 1 atom stereocenters. The molecule has 0 fully saturated rings. The molecule has 0 radical (unpaired) electrons. The summed E-state index contributed by atoms with van der Waals surface area (Å²) in [5, 5.41) is 2.69. The zero-order chi connectivity index (χ0) is 16.2. The van der Waals surface area contributed by atoms with E-state index in [4.69, 9.17) is 9.47 Å². The van der Waals surface area contributed by atoms with E-state index >= 15 is 0 Å². The van der Waals surface area contributed by atoms with E-state index in [-0.39, 0.29) is 10.9 Å². The highest BCUT2D eigenvalue weighted by molar-refractivity contribution is 7.92. The Balaban J connectivity index is 2.08. The van der Waals surface area contributed by atoms with Gasteiger partial charge in [0.1, 0.15) is 19.0 Å². The standard InChI is InChI=1S/C15H21NO5S/c1-3-4-11(2)16-15(17)10-22(18,19)12-5-6-13-14(9-12)21-8-7-20-13/h5-6,9,11H,3-4,7-8,10H2,1-2H3,(H,16,17)/t11-/m0/s1. The first kappa shape index (κ1) is 16.6. The molecule has 1 aromatic rings. The van der Waals surface area contributed by atoms with Crippen LogP contribution in [0.2, 0.25) is 0 Å². The summed E-state index contributed by atoms with van der Waals surface area (Å²) in [6.45, 7) is 4.69. The van der Waals surface area contributed by atoms with Gasteiger partial charge in [-0.3, -0.25) is 4.79 Å². The van der Waals surface area contributed by atoms with Crippen molar-refractivity contribution in [1.82, 2.24) is 5.32 Å². The first-order valence-electron chi connectivity index (χ1n) is 7.34. The lowest BCUT2D eigenvalue weighted by molar-refractivity contribution is -0.119. The van der Waals surface area contributed by atoms with Gasteiger partial charge in [-0.2, -0.15) is 0 Å². The predicted molar refractivity (Wildman–Crippen MR) is 82.0 cm³/mol. The van der Waals surface area contributed by atoms with Crippen molar-refractivity contribution in [2.24, 2.45) is 0 Å². The number of hydrogen-bond acceptors (Lipinski definition) is 5. The SMILES string of the molecule is CCC[C@H](C)NC(=O)CS(=O)(=O)c1ccc2c(c1)OCCO2. The molecule has 0 aliphatic carbocycles. The van der Waals surface area contributed by atoms with E-state index in [0.29, 0.717) is 24.7 Å². The van der Waals surface area contributed by atoms with Crippen LogP contribution in [-0.2, 0) is 14.6 Å². The number of nitrogens with one attached hydrogen (secondary N) is 1. The van der Waals surface area contributed by atoms with Gasteiger partial charge < -0.3 is 14.8 Å². The number of carbonyl (C=O) groups excluding carboxylic acids is 1. The summed E-state index contributed by atoms with van der Waals surface area (Å²) in [7, 11) is -3.70. The minimum absolute atomic E-state index is 0.0343. The first-order chi connectivity index (χ1) is 10.4. The number of carbonyl (C=O) groups is 1. The van der Waals surface area contributed by atoms with Gasteiger partial charge in [0.2, 0.25) is 5.91 Å². The second-order valence-corrected chi connectivity index (χ2v) is 7.31. The Morgan fingerprint density at radius 1 is 1.27 bits per heavy atom. The maximum Gasteiger partial charge on any atom is 0.235 e. The Bertz CT molecular complexity index is 641. The second kappa shape index (κ2) is 7.00. The third-order valence-electron chi connectivity index (χ3n) is 3.32. The van der Waals surface area contributed by atoms with Crippen molar-refractivity contribution < 1.29 is 22.7 Å². The van der Waals surface area contributed by atoms with Crippen LogP contribution in [0.3, 0.4) is 0 Å². The first-order valence-corrected chi connectivity index (χ1v) is 8.99. The minimum Gasteiger partial charge on any atom is -0.486 e. The van der Waals surface area contributed by atoms with Crippen molar-refractivity contribution in [1.29, 1.82) is 0 Å². The van der Waals surface area contributed by atoms with Crippen molar-refractivity contribution in [2.75, 3.05) is 19.0 Å². The van der Waals surface area contributed by atoms with E-state index < -0.39 is 21.5 Å². The monoisotopic (exact) mass is 327 g/mol. The van der Waals surface area contributed by atoms with Crippen LogP contribution in [-0.4, -0.2) is 39.3 Å². The predicted octanol–water partition coefficient (Wildman–Crippen LogP) is 1.54. The molecule has 1 aliphatic heterocycles. The zero-order valence-corrected chi connectivity index (χ0v) is 13.6. The molecule has 6 nitrogen and oxygen atoms in total. The topological polar surface area (TPSA) is 81.7 Å². The fourth-order valence-corrected chi connectivity index (χ4v) is 3.45. The van der Waals surface area contributed by atoms with Crippen molar-refractivity contribution in [3.05, 3.63) is 18.2 Å². The summed E-state index contributed by atoms with van der Waals surface area (Å²) in [6.07, 6.45) is 1.74. The van der Waals surface area contributed by atoms with E-state index in [2.05, 4.69) is 5.32 Å². The Hall–Kier alpha value is -1.76. The van der Waals surface area contributed by atoms with Crippen molar-refractivity contribution in [2.45, 2.75) is 37.6 Å². The molecule has 0 saturated carbocycles. The van der Waals surface area contributed by atoms with Crippen LogP contribution in [0.1, 0.15) is 26.7 Å². The normalized spacial score (nSPS) is 15.2. The number of sulfone groups is 1. The molecule has 1 aliphatic rings. The molecule has 1 amide bonds. The number of hydrogen-bond donors (Lipinski definition) is 1. The van der Waals surface area contributed by atoms with Crippen LogP contribution in [0, 0.1) is 0 Å². The van der Waals surface area contributed by atoms with Gasteiger partial charge >= 0.3 is 0 Å². The van der Waals surface area contributed by atoms with Gasteiger partial charge in [0.05, 0.1) is 4.90 Å². The molecule has 1 N–H and O–H groups in total.